The molecule has 4 nitrogen and oxygen atoms in total. The molecule has 1 heterocycles. The van der Waals surface area contributed by atoms with Gasteiger partial charge in [0.05, 0.1) is 5.69 Å². The Morgan fingerprint density at radius 2 is 2.16 bits per heavy atom. The van der Waals surface area contributed by atoms with Gasteiger partial charge >= 0.3 is 0 Å². The van der Waals surface area contributed by atoms with E-state index in [4.69, 9.17) is 5.73 Å². The molecule has 1 amide bonds. The van der Waals surface area contributed by atoms with Gasteiger partial charge in [-0.25, -0.2) is 0 Å². The van der Waals surface area contributed by atoms with Crippen LogP contribution in [0.15, 0.2) is 22.7 Å². The van der Waals surface area contributed by atoms with Gasteiger partial charge in [-0.1, -0.05) is 6.07 Å². The second-order valence-corrected chi connectivity index (χ2v) is 6.01. The first kappa shape index (κ1) is 14.3. The number of nitrogens with two attached hydrogens (primary N) is 1. The first-order valence-electron chi connectivity index (χ1n) is 6.45. The van der Waals surface area contributed by atoms with E-state index in [1.54, 1.807) is 4.90 Å². The lowest BCUT2D eigenvalue weighted by molar-refractivity contribution is -0.134. The summed E-state index contributed by atoms with van der Waals surface area (Å²) in [4.78, 5) is 16.2. The highest BCUT2D eigenvalue weighted by molar-refractivity contribution is 9.10. The number of halogens is 1. The SMILES string of the molecule is Cc1ccc(N2CC(C)N(C)C(=O)C2CN)c(Br)c1. The molecule has 1 aliphatic rings. The topological polar surface area (TPSA) is 49.6 Å². The summed E-state index contributed by atoms with van der Waals surface area (Å²) in [7, 11) is 1.84. The lowest BCUT2D eigenvalue weighted by Crippen LogP contribution is -2.62. The van der Waals surface area contributed by atoms with Crippen molar-refractivity contribution in [2.24, 2.45) is 5.73 Å². The van der Waals surface area contributed by atoms with E-state index in [2.05, 4.69) is 39.9 Å². The minimum absolute atomic E-state index is 0.0914. The number of nitrogens with zero attached hydrogens (tertiary/aromatic N) is 2. The van der Waals surface area contributed by atoms with Crippen molar-refractivity contribution in [1.29, 1.82) is 0 Å². The van der Waals surface area contributed by atoms with Crippen molar-refractivity contribution in [3.8, 4) is 0 Å². The van der Waals surface area contributed by atoms with Gasteiger partial charge in [0.2, 0.25) is 5.91 Å². The van der Waals surface area contributed by atoms with Crippen LogP contribution in [0.2, 0.25) is 0 Å². The van der Waals surface area contributed by atoms with E-state index in [9.17, 15) is 4.79 Å². The molecule has 1 aliphatic heterocycles. The number of hydrogen-bond acceptors (Lipinski definition) is 3. The Morgan fingerprint density at radius 1 is 1.47 bits per heavy atom. The Bertz CT molecular complexity index is 492. The summed E-state index contributed by atoms with van der Waals surface area (Å²) < 4.78 is 1.01. The minimum Gasteiger partial charge on any atom is -0.356 e. The van der Waals surface area contributed by atoms with Crippen molar-refractivity contribution in [2.75, 3.05) is 25.0 Å². The predicted molar refractivity (Wildman–Crippen MR) is 81.3 cm³/mol. The molecule has 5 heteroatoms. The first-order chi connectivity index (χ1) is 8.95. The predicted octanol–water partition coefficient (Wildman–Crippen LogP) is 1.75. The molecule has 0 saturated carbocycles. The molecule has 1 saturated heterocycles. The second kappa shape index (κ2) is 5.51. The third kappa shape index (κ3) is 2.62. The molecule has 2 N–H and O–H groups in total. The molecule has 0 aliphatic carbocycles. The number of rotatable bonds is 2. The van der Waals surface area contributed by atoms with Gasteiger partial charge in [0.15, 0.2) is 0 Å². The maximum absolute atomic E-state index is 12.3. The van der Waals surface area contributed by atoms with Gasteiger partial charge in [0.1, 0.15) is 6.04 Å². The number of piperazine rings is 1. The average molecular weight is 326 g/mol. The number of benzene rings is 1. The van der Waals surface area contributed by atoms with Crippen molar-refractivity contribution >= 4 is 27.5 Å². The van der Waals surface area contributed by atoms with Gasteiger partial charge in [-0.15, -0.1) is 0 Å². The summed E-state index contributed by atoms with van der Waals surface area (Å²) in [5.74, 6) is 0.0914. The molecule has 1 fully saturated rings. The zero-order valence-corrected chi connectivity index (χ0v) is 13.1. The fourth-order valence-electron chi connectivity index (χ4n) is 2.46. The van der Waals surface area contributed by atoms with Crippen LogP contribution in [0.4, 0.5) is 5.69 Å². The van der Waals surface area contributed by atoms with E-state index >= 15 is 0 Å². The van der Waals surface area contributed by atoms with Gasteiger partial charge in [0, 0.05) is 30.7 Å². The van der Waals surface area contributed by atoms with Gasteiger partial charge in [-0.2, -0.15) is 0 Å². The third-order valence-electron chi connectivity index (χ3n) is 3.77. The lowest BCUT2D eigenvalue weighted by atomic mass is 10.1. The van der Waals surface area contributed by atoms with Gasteiger partial charge in [-0.3, -0.25) is 4.79 Å². The number of carbonyl (C=O) groups excluding carboxylic acids is 1. The number of hydrogen-bond donors (Lipinski definition) is 1. The molecule has 1 aromatic carbocycles. The molecule has 0 bridgehead atoms. The lowest BCUT2D eigenvalue weighted by Gasteiger charge is -2.44. The number of likely N-dealkylation sites (N-methyl/N-ethyl adjacent to an activating group) is 1. The molecule has 19 heavy (non-hydrogen) atoms. The summed E-state index contributed by atoms with van der Waals surface area (Å²) in [6.07, 6.45) is 0. The summed E-state index contributed by atoms with van der Waals surface area (Å²) in [6.45, 7) is 5.23. The Kier molecular flexibility index (Phi) is 4.16. The van der Waals surface area contributed by atoms with Crippen molar-refractivity contribution in [2.45, 2.75) is 25.9 Å². The van der Waals surface area contributed by atoms with E-state index in [-0.39, 0.29) is 18.0 Å². The summed E-state index contributed by atoms with van der Waals surface area (Å²) in [5, 5.41) is 0. The standard InChI is InChI=1S/C14H20BrN3O/c1-9-4-5-12(11(15)6-9)18-8-10(2)17(3)14(19)13(18)7-16/h4-6,10,13H,7-8,16H2,1-3H3. The van der Waals surface area contributed by atoms with Crippen LogP contribution in [0.1, 0.15) is 12.5 Å². The van der Waals surface area contributed by atoms with Crippen LogP contribution in [0.5, 0.6) is 0 Å². The maximum Gasteiger partial charge on any atom is 0.246 e. The molecule has 104 valence electrons. The van der Waals surface area contributed by atoms with Crippen molar-refractivity contribution < 1.29 is 4.79 Å². The van der Waals surface area contributed by atoms with E-state index in [0.29, 0.717) is 6.54 Å². The third-order valence-corrected chi connectivity index (χ3v) is 4.40. The van der Waals surface area contributed by atoms with Crippen LogP contribution in [-0.2, 0) is 4.79 Å². The highest BCUT2D eigenvalue weighted by Gasteiger charge is 2.36. The monoisotopic (exact) mass is 325 g/mol. The van der Waals surface area contributed by atoms with Gasteiger partial charge in [0.25, 0.3) is 0 Å². The van der Waals surface area contributed by atoms with Gasteiger partial charge in [-0.05, 0) is 47.5 Å². The van der Waals surface area contributed by atoms with Crippen LogP contribution >= 0.6 is 15.9 Å². The molecule has 2 rings (SSSR count). The highest BCUT2D eigenvalue weighted by Crippen LogP contribution is 2.31. The van der Waals surface area contributed by atoms with Crippen molar-refractivity contribution in [1.82, 2.24) is 4.90 Å². The van der Waals surface area contributed by atoms with Crippen LogP contribution in [-0.4, -0.2) is 43.0 Å². The molecule has 0 spiro atoms. The number of anilines is 1. The highest BCUT2D eigenvalue weighted by atomic mass is 79.9. The fraction of sp³-hybridized carbons (Fsp3) is 0.500. The van der Waals surface area contributed by atoms with Crippen molar-refractivity contribution in [3.63, 3.8) is 0 Å². The van der Waals surface area contributed by atoms with Crippen molar-refractivity contribution in [3.05, 3.63) is 28.2 Å². The summed E-state index contributed by atoms with van der Waals surface area (Å²) in [6, 6.07) is 6.08. The Balaban J connectivity index is 2.38. The van der Waals surface area contributed by atoms with E-state index < -0.39 is 0 Å². The van der Waals surface area contributed by atoms with E-state index in [1.165, 1.54) is 5.56 Å². The normalized spacial score (nSPS) is 23.9. The fourth-order valence-corrected chi connectivity index (χ4v) is 3.18. The Labute approximate surface area is 122 Å². The first-order valence-corrected chi connectivity index (χ1v) is 7.24. The number of aryl methyl sites for hydroxylation is 1. The summed E-state index contributed by atoms with van der Waals surface area (Å²) in [5.41, 5.74) is 8.03. The molecule has 2 unspecified atom stereocenters. The molecular weight excluding hydrogens is 306 g/mol. The summed E-state index contributed by atoms with van der Waals surface area (Å²) >= 11 is 3.59. The quantitative estimate of drug-likeness (QED) is 0.901. The van der Waals surface area contributed by atoms with Crippen LogP contribution in [0.25, 0.3) is 0 Å². The maximum atomic E-state index is 12.3. The number of amides is 1. The number of carbonyl (C=O) groups is 1. The van der Waals surface area contributed by atoms with Gasteiger partial charge < -0.3 is 15.5 Å². The molecular formula is C14H20BrN3O. The Morgan fingerprint density at radius 3 is 2.74 bits per heavy atom. The zero-order valence-electron chi connectivity index (χ0n) is 11.6. The molecule has 0 aromatic heterocycles. The van der Waals surface area contributed by atoms with Crippen LogP contribution in [0.3, 0.4) is 0 Å². The Hall–Kier alpha value is -1.07. The van der Waals surface area contributed by atoms with E-state index in [0.717, 1.165) is 16.7 Å². The van der Waals surface area contributed by atoms with E-state index in [1.807, 2.05) is 20.0 Å². The largest absolute Gasteiger partial charge is 0.356 e. The minimum atomic E-state index is -0.278. The van der Waals surface area contributed by atoms with Crippen LogP contribution in [0, 0.1) is 6.92 Å². The molecule has 0 radical (unpaired) electrons. The zero-order chi connectivity index (χ0) is 14.2. The molecule has 1 aromatic rings. The van der Waals surface area contributed by atoms with Crippen LogP contribution < -0.4 is 10.6 Å². The smallest absolute Gasteiger partial charge is 0.246 e. The second-order valence-electron chi connectivity index (χ2n) is 5.16. The molecule has 2 atom stereocenters. The average Bonchev–Trinajstić information content (AvgIpc) is 2.36.